The lowest BCUT2D eigenvalue weighted by molar-refractivity contribution is -0.140. The second-order valence-corrected chi connectivity index (χ2v) is 14.4. The molecule has 1 unspecified atom stereocenters. The highest BCUT2D eigenvalue weighted by atomic mass is 32.7. The number of nitrogens with one attached hydrogen (secondary N) is 1. The Balaban J connectivity index is 0.000000662. The minimum absolute atomic E-state index is 0.111. The van der Waals surface area contributed by atoms with Crippen molar-refractivity contribution in [3.8, 4) is 5.75 Å². The van der Waals surface area contributed by atoms with E-state index in [0.717, 1.165) is 133 Å². The van der Waals surface area contributed by atoms with Crippen molar-refractivity contribution in [3.05, 3.63) is 83.2 Å². The predicted molar refractivity (Wildman–Crippen MR) is 244 cm³/mol. The zero-order valence-electron chi connectivity index (χ0n) is 36.0. The van der Waals surface area contributed by atoms with Crippen LogP contribution < -0.4 is 16.2 Å². The van der Waals surface area contributed by atoms with Crippen LogP contribution in [0.5, 0.6) is 5.75 Å². The normalized spacial score (nSPS) is 17.4. The Morgan fingerprint density at radius 2 is 1.53 bits per heavy atom. The van der Waals surface area contributed by atoms with Crippen molar-refractivity contribution < 1.29 is 27.1 Å². The first kappa shape index (κ1) is 54.1. The van der Waals surface area contributed by atoms with E-state index in [9.17, 15) is 22.4 Å². The van der Waals surface area contributed by atoms with Gasteiger partial charge in [0.1, 0.15) is 24.5 Å². The molecular weight excluding hydrogens is 800 g/mol. The zero-order chi connectivity index (χ0) is 44.4. The van der Waals surface area contributed by atoms with Crippen LogP contribution in [0.3, 0.4) is 0 Å². The molecule has 16 heteroatoms. The highest BCUT2D eigenvalue weighted by Crippen LogP contribution is 2.32. The quantitative estimate of drug-likeness (QED) is 0.0300. The summed E-state index contributed by atoms with van der Waals surface area (Å²) in [5.41, 5.74) is 12.7. The number of piperidine rings is 1. The van der Waals surface area contributed by atoms with Crippen LogP contribution >= 0.6 is 20.7 Å². The highest BCUT2D eigenvalue weighted by Gasteiger charge is 2.34. The fourth-order valence-corrected chi connectivity index (χ4v) is 6.91. The number of nitrogens with two attached hydrogens (primary N) is 2. The average molecular weight is 871 g/mol. The summed E-state index contributed by atoms with van der Waals surface area (Å²) in [4.78, 5) is 22.5. The third-order valence-corrected chi connectivity index (χ3v) is 10.3. The Kier molecular flexibility index (Phi) is 27.7. The average Bonchev–Trinajstić information content (AvgIpc) is 3.24. The number of alkyl halides is 3. The topological polar surface area (TPSA) is 118 Å². The molecule has 0 bridgehead atoms. The zero-order valence-corrected chi connectivity index (χ0v) is 38.0. The SMILES string of the molecule is C=C/C=C(\C)C(=N)CCN1CCN(C)CC1.CC.CN.Nc1ccc(OCc2ccc(F)c(C(F)(F)F)c2)c(CN2CCN(CC3CCN(CC=O)CC3)CC2)c1.PS. The number of carbonyl (C=O) groups is 1. The van der Waals surface area contributed by atoms with Gasteiger partial charge in [-0.1, -0.05) is 47.1 Å². The molecule has 0 spiro atoms. The van der Waals surface area contributed by atoms with Gasteiger partial charge < -0.3 is 41.1 Å². The molecule has 5 N–H and O–H groups in total. The van der Waals surface area contributed by atoms with Gasteiger partial charge in [-0.25, -0.2) is 4.39 Å². The number of likely N-dealkylation sites (tertiary alicyclic amines) is 1. The van der Waals surface area contributed by atoms with E-state index in [0.29, 0.717) is 30.4 Å². The van der Waals surface area contributed by atoms with Gasteiger partial charge in [0, 0.05) is 95.4 Å². The highest BCUT2D eigenvalue weighted by molar-refractivity contribution is 8.31. The van der Waals surface area contributed by atoms with Crippen LogP contribution in [-0.4, -0.2) is 136 Å². The molecular formula is C43H71F4N8O2PS. The van der Waals surface area contributed by atoms with Crippen LogP contribution in [0.2, 0.25) is 0 Å². The van der Waals surface area contributed by atoms with E-state index < -0.39 is 17.6 Å². The van der Waals surface area contributed by atoms with Crippen molar-refractivity contribution in [2.24, 2.45) is 11.7 Å². The molecule has 0 radical (unpaired) electrons. The number of aldehydes is 1. The number of allylic oxidation sites excluding steroid dienone is 3. The Labute approximate surface area is 359 Å². The smallest absolute Gasteiger partial charge is 0.419 e. The molecule has 3 heterocycles. The molecule has 2 aromatic rings. The molecule has 0 saturated carbocycles. The third-order valence-electron chi connectivity index (χ3n) is 10.3. The molecule has 0 aromatic heterocycles. The molecule has 1 atom stereocenters. The molecule has 10 nitrogen and oxygen atoms in total. The van der Waals surface area contributed by atoms with Crippen LogP contribution in [-0.2, 0) is 24.1 Å². The van der Waals surface area contributed by atoms with Crippen LogP contribution in [0.1, 0.15) is 56.7 Å². The van der Waals surface area contributed by atoms with Crippen LogP contribution in [0.25, 0.3) is 0 Å². The van der Waals surface area contributed by atoms with E-state index in [1.54, 1.807) is 18.2 Å². The van der Waals surface area contributed by atoms with E-state index in [2.05, 4.69) is 64.6 Å². The van der Waals surface area contributed by atoms with Crippen molar-refractivity contribution >= 4 is 38.4 Å². The van der Waals surface area contributed by atoms with Gasteiger partial charge >= 0.3 is 6.18 Å². The first-order chi connectivity index (χ1) is 28.3. The molecule has 59 heavy (non-hydrogen) atoms. The molecule has 3 aliphatic heterocycles. The van der Waals surface area contributed by atoms with Crippen molar-refractivity contribution in [1.29, 1.82) is 5.41 Å². The number of nitrogens with zero attached hydrogens (tertiary/aromatic N) is 5. The number of likely N-dealkylation sites (N-methyl/N-ethyl adjacent to an activating group) is 1. The van der Waals surface area contributed by atoms with Gasteiger partial charge in [0.15, 0.2) is 0 Å². The van der Waals surface area contributed by atoms with Gasteiger partial charge in [-0.2, -0.15) is 25.4 Å². The first-order valence-corrected chi connectivity index (χ1v) is 22.5. The Morgan fingerprint density at radius 3 is 2.10 bits per heavy atom. The maximum Gasteiger partial charge on any atom is 0.419 e. The second-order valence-electron chi connectivity index (χ2n) is 14.4. The molecule has 3 saturated heterocycles. The van der Waals surface area contributed by atoms with Crippen molar-refractivity contribution in [2.45, 2.75) is 59.4 Å². The number of rotatable bonds is 14. The second kappa shape index (κ2) is 30.2. The van der Waals surface area contributed by atoms with Crippen LogP contribution in [0.15, 0.2) is 60.7 Å². The van der Waals surface area contributed by atoms with E-state index in [4.69, 9.17) is 15.9 Å². The van der Waals surface area contributed by atoms with Crippen LogP contribution in [0.4, 0.5) is 23.2 Å². The van der Waals surface area contributed by atoms with E-state index in [1.165, 1.54) is 13.1 Å². The molecule has 3 fully saturated rings. The number of nitrogen functional groups attached to an aromatic ring is 1. The summed E-state index contributed by atoms with van der Waals surface area (Å²) in [7, 11) is 5.77. The molecule has 0 aliphatic carbocycles. The molecule has 2 aromatic carbocycles. The molecule has 3 aliphatic rings. The fraction of sp³-hybridized carbons (Fsp3) is 0.581. The van der Waals surface area contributed by atoms with Gasteiger partial charge in [-0.3, -0.25) is 9.80 Å². The lowest BCUT2D eigenvalue weighted by Crippen LogP contribution is -2.48. The van der Waals surface area contributed by atoms with Crippen molar-refractivity contribution in [2.75, 3.05) is 105 Å². The molecule has 334 valence electrons. The maximum atomic E-state index is 13.6. The summed E-state index contributed by atoms with van der Waals surface area (Å²) in [6.07, 6.45) is 2.96. The third kappa shape index (κ3) is 20.5. The monoisotopic (exact) mass is 871 g/mol. The summed E-state index contributed by atoms with van der Waals surface area (Å²) in [6, 6.07) is 8.17. The largest absolute Gasteiger partial charge is 0.489 e. The Bertz CT molecular complexity index is 1530. The molecule has 0 amide bonds. The van der Waals surface area contributed by atoms with Gasteiger partial charge in [0.05, 0.1) is 12.1 Å². The summed E-state index contributed by atoms with van der Waals surface area (Å²) < 4.78 is 58.6. The number of carbonyl (C=O) groups excluding carboxylic acids is 1. The Morgan fingerprint density at radius 1 is 0.932 bits per heavy atom. The van der Waals surface area contributed by atoms with E-state index >= 15 is 0 Å². The fourth-order valence-electron chi connectivity index (χ4n) is 6.91. The van der Waals surface area contributed by atoms with Gasteiger partial charge in [-0.05, 0) is 94.3 Å². The number of anilines is 1. The standard InChI is InChI=1S/C27H34F4N4O2.C13H23N3.C2H6.CH5N.H3PS/c28-25-3-1-21(15-24(25)27(29,30)31)19-37-26-4-2-23(32)16-22(26)18-35-11-9-34(10-12-35)17-20-5-7-33(8-6-20)13-14-36;1-4-5-12(2)13(14)6-7-16-10-8-15(3)9-11-16;3*1-2/h1-4,14-16,20H,5-13,17-19,32H2;4-5,14H,1,6-11H2,2-3H3;1-2H3;2H2,1H3;2H,1H2/b;12-5+,14-13?;;;. The lowest BCUT2D eigenvalue weighted by atomic mass is 9.96. The van der Waals surface area contributed by atoms with Crippen molar-refractivity contribution in [3.63, 3.8) is 0 Å². The lowest BCUT2D eigenvalue weighted by Gasteiger charge is -2.38. The minimum atomic E-state index is -4.76. The number of thiol groups is 1. The number of halogens is 4. The van der Waals surface area contributed by atoms with Gasteiger partial charge in [-0.15, -0.1) is 0 Å². The number of hydrogen-bond acceptors (Lipinski definition) is 11. The summed E-state index contributed by atoms with van der Waals surface area (Å²) in [5.74, 6) is -0.0868. The summed E-state index contributed by atoms with van der Waals surface area (Å²) >= 11 is 3.44. The predicted octanol–water partition coefficient (Wildman–Crippen LogP) is 7.12. The number of piperazine rings is 2. The number of hydrogen-bond donors (Lipinski definition) is 4. The maximum absolute atomic E-state index is 13.6. The van der Waals surface area contributed by atoms with Gasteiger partial charge in [0.25, 0.3) is 0 Å². The van der Waals surface area contributed by atoms with E-state index in [-0.39, 0.29) is 12.2 Å². The van der Waals surface area contributed by atoms with Crippen LogP contribution in [0, 0.1) is 17.1 Å². The van der Waals surface area contributed by atoms with Crippen molar-refractivity contribution in [1.82, 2.24) is 24.5 Å². The van der Waals surface area contributed by atoms with E-state index in [1.807, 2.05) is 32.9 Å². The minimum Gasteiger partial charge on any atom is -0.489 e. The molecule has 5 rings (SSSR count). The first-order valence-electron chi connectivity index (χ1n) is 20.4. The summed E-state index contributed by atoms with van der Waals surface area (Å²) in [5, 5.41) is 7.90. The Hall–Kier alpha value is -2.88. The number of ether oxygens (including phenoxy) is 1. The number of benzene rings is 2. The summed E-state index contributed by atoms with van der Waals surface area (Å²) in [6.45, 7) is 23.0. The van der Waals surface area contributed by atoms with Gasteiger partial charge in [0.2, 0.25) is 0 Å².